The minimum atomic E-state index is -0.273. The molecule has 0 saturated carbocycles. The highest BCUT2D eigenvalue weighted by Gasteiger charge is 2.07. The molecule has 0 heterocycles. The van der Waals surface area contributed by atoms with Crippen LogP contribution in [-0.2, 0) is 4.79 Å². The fourth-order valence-electron chi connectivity index (χ4n) is 1.53. The maximum atomic E-state index is 11.5. The van der Waals surface area contributed by atoms with Gasteiger partial charge < -0.3 is 16.0 Å². The first kappa shape index (κ1) is 16.7. The molecule has 0 aliphatic heterocycles. The zero-order valence-corrected chi connectivity index (χ0v) is 11.8. The Morgan fingerprint density at radius 3 is 2.39 bits per heavy atom. The second kappa shape index (κ2) is 10.9. The van der Waals surface area contributed by atoms with Crippen LogP contribution >= 0.6 is 0 Å². The van der Waals surface area contributed by atoms with Gasteiger partial charge in [-0.3, -0.25) is 4.79 Å². The van der Waals surface area contributed by atoms with Crippen LogP contribution in [0.4, 0.5) is 4.79 Å². The van der Waals surface area contributed by atoms with Crippen molar-refractivity contribution in [1.82, 2.24) is 16.0 Å². The van der Waals surface area contributed by atoms with E-state index in [9.17, 15) is 9.59 Å². The third-order valence-electron chi connectivity index (χ3n) is 2.60. The molecule has 1 unspecified atom stereocenters. The molecule has 0 fully saturated rings. The second-order valence-electron chi connectivity index (χ2n) is 4.57. The quantitative estimate of drug-likeness (QED) is 0.551. The summed E-state index contributed by atoms with van der Waals surface area (Å²) in [6.45, 7) is 6.80. The molecular formula is C13H27N3O2. The molecule has 18 heavy (non-hydrogen) atoms. The number of carbonyl (C=O) groups excluding carboxylic acids is 2. The topological polar surface area (TPSA) is 70.2 Å². The smallest absolute Gasteiger partial charge is 0.315 e. The summed E-state index contributed by atoms with van der Waals surface area (Å²) in [4.78, 5) is 22.7. The highest BCUT2D eigenvalue weighted by atomic mass is 16.2. The van der Waals surface area contributed by atoms with Crippen LogP contribution in [0, 0.1) is 0 Å². The monoisotopic (exact) mass is 257 g/mol. The summed E-state index contributed by atoms with van der Waals surface area (Å²) in [6.07, 6.45) is 5.36. The van der Waals surface area contributed by atoms with E-state index in [1.54, 1.807) is 0 Å². The normalized spacial score (nSPS) is 11.7. The fraction of sp³-hybridized carbons (Fsp3) is 0.846. The molecule has 0 aromatic heterocycles. The van der Waals surface area contributed by atoms with E-state index in [-0.39, 0.29) is 24.5 Å². The van der Waals surface area contributed by atoms with E-state index in [0.29, 0.717) is 6.54 Å². The Bertz CT molecular complexity index is 244. The molecule has 0 spiro atoms. The van der Waals surface area contributed by atoms with Gasteiger partial charge in [0, 0.05) is 12.6 Å². The Morgan fingerprint density at radius 2 is 1.78 bits per heavy atom. The molecule has 106 valence electrons. The summed E-state index contributed by atoms with van der Waals surface area (Å²) in [5, 5.41) is 8.07. The van der Waals surface area contributed by atoms with Gasteiger partial charge in [0.15, 0.2) is 0 Å². The van der Waals surface area contributed by atoms with E-state index >= 15 is 0 Å². The van der Waals surface area contributed by atoms with Crippen molar-refractivity contribution < 1.29 is 9.59 Å². The van der Waals surface area contributed by atoms with Crippen molar-refractivity contribution in [2.75, 3.05) is 13.1 Å². The molecule has 0 rings (SSSR count). The van der Waals surface area contributed by atoms with Gasteiger partial charge in [0.1, 0.15) is 0 Å². The van der Waals surface area contributed by atoms with Gasteiger partial charge in [-0.05, 0) is 19.8 Å². The number of urea groups is 1. The van der Waals surface area contributed by atoms with Crippen LogP contribution < -0.4 is 16.0 Å². The second-order valence-corrected chi connectivity index (χ2v) is 4.57. The van der Waals surface area contributed by atoms with Gasteiger partial charge in [-0.2, -0.15) is 0 Å². The fourth-order valence-corrected chi connectivity index (χ4v) is 1.53. The van der Waals surface area contributed by atoms with Crippen molar-refractivity contribution in [2.45, 2.75) is 58.9 Å². The molecule has 0 aromatic rings. The first-order valence-corrected chi connectivity index (χ1v) is 6.91. The lowest BCUT2D eigenvalue weighted by Gasteiger charge is -2.14. The molecule has 0 bridgehead atoms. The van der Waals surface area contributed by atoms with E-state index in [0.717, 1.165) is 19.3 Å². The number of hydrogen-bond acceptors (Lipinski definition) is 2. The van der Waals surface area contributed by atoms with Crippen molar-refractivity contribution in [1.29, 1.82) is 0 Å². The zero-order chi connectivity index (χ0) is 13.8. The number of rotatable bonds is 9. The van der Waals surface area contributed by atoms with E-state index in [2.05, 4.69) is 22.9 Å². The largest absolute Gasteiger partial charge is 0.355 e. The van der Waals surface area contributed by atoms with Crippen LogP contribution in [0.25, 0.3) is 0 Å². The number of unbranched alkanes of at least 4 members (excludes halogenated alkanes) is 2. The van der Waals surface area contributed by atoms with E-state index in [1.807, 2.05) is 13.8 Å². The van der Waals surface area contributed by atoms with Crippen molar-refractivity contribution in [2.24, 2.45) is 0 Å². The van der Waals surface area contributed by atoms with Gasteiger partial charge in [0.05, 0.1) is 6.54 Å². The number of hydrogen-bond donors (Lipinski definition) is 3. The van der Waals surface area contributed by atoms with Crippen LogP contribution in [0.3, 0.4) is 0 Å². The van der Waals surface area contributed by atoms with Gasteiger partial charge in [0.2, 0.25) is 5.91 Å². The summed E-state index contributed by atoms with van der Waals surface area (Å²) in [5.41, 5.74) is 0. The van der Waals surface area contributed by atoms with Crippen molar-refractivity contribution >= 4 is 11.9 Å². The minimum absolute atomic E-state index is 0.0352. The van der Waals surface area contributed by atoms with Gasteiger partial charge >= 0.3 is 6.03 Å². The molecule has 0 radical (unpaired) electrons. The summed E-state index contributed by atoms with van der Waals surface area (Å²) >= 11 is 0. The Morgan fingerprint density at radius 1 is 1.06 bits per heavy atom. The number of carbonyl (C=O) groups is 2. The average molecular weight is 257 g/mol. The minimum Gasteiger partial charge on any atom is -0.355 e. The molecule has 1 atom stereocenters. The molecule has 0 aromatic carbocycles. The third-order valence-corrected chi connectivity index (χ3v) is 2.60. The van der Waals surface area contributed by atoms with Crippen LogP contribution in [0.15, 0.2) is 0 Å². The molecule has 3 amide bonds. The molecule has 0 aliphatic rings. The lowest BCUT2D eigenvalue weighted by molar-refractivity contribution is -0.120. The SMILES string of the molecule is CCCCCC(C)NC(=O)NCC(=O)NCCC. The predicted octanol–water partition coefficient (Wildman–Crippen LogP) is 1.78. The van der Waals surface area contributed by atoms with Crippen LogP contribution in [0.2, 0.25) is 0 Å². The predicted molar refractivity (Wildman–Crippen MR) is 73.4 cm³/mol. The average Bonchev–Trinajstić information content (AvgIpc) is 2.34. The molecular weight excluding hydrogens is 230 g/mol. The van der Waals surface area contributed by atoms with E-state index < -0.39 is 0 Å². The standard InChI is InChI=1S/C13H27N3O2/c1-4-6-7-8-11(3)16-13(18)15-10-12(17)14-9-5-2/h11H,4-10H2,1-3H3,(H,14,17)(H2,15,16,18). The summed E-state index contributed by atoms with van der Waals surface area (Å²) in [7, 11) is 0. The molecule has 5 nitrogen and oxygen atoms in total. The molecule has 0 aliphatic carbocycles. The van der Waals surface area contributed by atoms with Crippen LogP contribution in [-0.4, -0.2) is 31.1 Å². The third kappa shape index (κ3) is 9.93. The molecule has 5 heteroatoms. The first-order chi connectivity index (χ1) is 8.60. The van der Waals surface area contributed by atoms with Crippen molar-refractivity contribution in [3.8, 4) is 0 Å². The summed E-state index contributed by atoms with van der Waals surface area (Å²) < 4.78 is 0. The summed E-state index contributed by atoms with van der Waals surface area (Å²) in [6, 6.07) is -0.124. The van der Waals surface area contributed by atoms with E-state index in [1.165, 1.54) is 12.8 Å². The Balaban J connectivity index is 3.60. The highest BCUT2D eigenvalue weighted by Crippen LogP contribution is 2.02. The lowest BCUT2D eigenvalue weighted by Crippen LogP contribution is -2.45. The Hall–Kier alpha value is -1.26. The lowest BCUT2D eigenvalue weighted by atomic mass is 10.1. The number of nitrogens with one attached hydrogen (secondary N) is 3. The molecule has 0 saturated heterocycles. The van der Waals surface area contributed by atoms with Gasteiger partial charge in [-0.25, -0.2) is 4.79 Å². The van der Waals surface area contributed by atoms with Crippen LogP contribution in [0.5, 0.6) is 0 Å². The maximum Gasteiger partial charge on any atom is 0.315 e. The zero-order valence-electron chi connectivity index (χ0n) is 11.8. The van der Waals surface area contributed by atoms with Crippen molar-refractivity contribution in [3.63, 3.8) is 0 Å². The Kier molecular flexibility index (Phi) is 10.1. The van der Waals surface area contributed by atoms with Gasteiger partial charge in [-0.15, -0.1) is 0 Å². The van der Waals surface area contributed by atoms with Gasteiger partial charge in [-0.1, -0.05) is 33.1 Å². The van der Waals surface area contributed by atoms with E-state index in [4.69, 9.17) is 0 Å². The Labute approximate surface area is 110 Å². The maximum absolute atomic E-state index is 11.5. The summed E-state index contributed by atoms with van der Waals surface area (Å²) in [5.74, 6) is -0.148. The number of amides is 3. The van der Waals surface area contributed by atoms with Gasteiger partial charge in [0.25, 0.3) is 0 Å². The molecule has 3 N–H and O–H groups in total. The first-order valence-electron chi connectivity index (χ1n) is 6.91. The van der Waals surface area contributed by atoms with Crippen molar-refractivity contribution in [3.05, 3.63) is 0 Å². The van der Waals surface area contributed by atoms with Crippen LogP contribution in [0.1, 0.15) is 52.9 Å². The highest BCUT2D eigenvalue weighted by molar-refractivity contribution is 5.83.